The Balaban J connectivity index is 0.885. The van der Waals surface area contributed by atoms with Gasteiger partial charge >= 0.3 is 0 Å². The van der Waals surface area contributed by atoms with Gasteiger partial charge in [-0.3, -0.25) is 24.6 Å². The van der Waals surface area contributed by atoms with Gasteiger partial charge in [0.2, 0.25) is 11.8 Å². The summed E-state index contributed by atoms with van der Waals surface area (Å²) in [7, 11) is 0. The molecule has 4 fully saturated rings. The lowest BCUT2D eigenvalue weighted by molar-refractivity contribution is -0.136. The predicted molar refractivity (Wildman–Crippen MR) is 149 cm³/mol. The smallest absolute Gasteiger partial charge is 0.255 e. The summed E-state index contributed by atoms with van der Waals surface area (Å²) in [6.45, 7) is 4.72. The fourth-order valence-corrected chi connectivity index (χ4v) is 6.77. The van der Waals surface area contributed by atoms with Crippen molar-refractivity contribution in [3.05, 3.63) is 65.2 Å². The molecular weight excluding hydrogens is 522 g/mol. The molecule has 3 aromatic rings. The first-order valence-corrected chi connectivity index (χ1v) is 14.4. The molecule has 41 heavy (non-hydrogen) atoms. The van der Waals surface area contributed by atoms with E-state index in [1.165, 1.54) is 5.56 Å². The van der Waals surface area contributed by atoms with Gasteiger partial charge < -0.3 is 19.3 Å². The van der Waals surface area contributed by atoms with Gasteiger partial charge in [-0.15, -0.1) is 0 Å². The van der Waals surface area contributed by atoms with E-state index in [-0.39, 0.29) is 24.3 Å². The van der Waals surface area contributed by atoms with E-state index in [2.05, 4.69) is 45.4 Å². The number of nitrogens with one attached hydrogen (secondary N) is 1. The quantitative estimate of drug-likeness (QED) is 0.464. The largest absolute Gasteiger partial charge is 0.489 e. The molecule has 0 spiro atoms. The van der Waals surface area contributed by atoms with Gasteiger partial charge in [-0.05, 0) is 66.4 Å². The Morgan fingerprint density at radius 1 is 1.00 bits per heavy atom. The third kappa shape index (κ3) is 4.33. The molecule has 10 nitrogen and oxygen atoms in total. The van der Waals surface area contributed by atoms with Crippen LogP contribution in [0.1, 0.15) is 40.7 Å². The van der Waals surface area contributed by atoms with Gasteiger partial charge in [0.05, 0.1) is 24.3 Å². The molecule has 210 valence electrons. The van der Waals surface area contributed by atoms with E-state index < -0.39 is 11.9 Å². The molecule has 4 saturated heterocycles. The summed E-state index contributed by atoms with van der Waals surface area (Å²) < 4.78 is 11.9. The Morgan fingerprint density at radius 2 is 1.93 bits per heavy atom. The number of piperidine rings is 1. The molecule has 6 heterocycles. The van der Waals surface area contributed by atoms with E-state index in [0.29, 0.717) is 30.7 Å². The number of carbonyl (C=O) groups is 3. The number of likely N-dealkylation sites (tertiary alicyclic amines) is 1. The number of rotatable bonds is 6. The van der Waals surface area contributed by atoms with Crippen molar-refractivity contribution in [1.82, 2.24) is 20.1 Å². The lowest BCUT2D eigenvalue weighted by Gasteiger charge is -2.55. The number of amides is 3. The molecule has 2 aromatic carbocycles. The van der Waals surface area contributed by atoms with Crippen LogP contribution in [0.2, 0.25) is 0 Å². The van der Waals surface area contributed by atoms with Crippen LogP contribution in [0.5, 0.6) is 5.75 Å². The highest BCUT2D eigenvalue weighted by atomic mass is 16.5. The van der Waals surface area contributed by atoms with Gasteiger partial charge in [-0.25, -0.2) is 4.98 Å². The van der Waals surface area contributed by atoms with Crippen molar-refractivity contribution in [2.75, 3.05) is 31.1 Å². The Hall–Kier alpha value is -4.02. The van der Waals surface area contributed by atoms with E-state index >= 15 is 0 Å². The molecule has 2 unspecified atom stereocenters. The van der Waals surface area contributed by atoms with E-state index in [0.717, 1.165) is 67.2 Å². The molecule has 3 amide bonds. The second-order valence-electron chi connectivity index (χ2n) is 11.8. The van der Waals surface area contributed by atoms with Crippen LogP contribution in [0.15, 0.2) is 48.5 Å². The van der Waals surface area contributed by atoms with Crippen LogP contribution in [0.3, 0.4) is 0 Å². The lowest BCUT2D eigenvalue weighted by Crippen LogP contribution is -2.71. The maximum absolute atomic E-state index is 13.0. The second kappa shape index (κ2) is 9.53. The molecule has 8 rings (SSSR count). The lowest BCUT2D eigenvalue weighted by atomic mass is 9.95. The van der Waals surface area contributed by atoms with Crippen LogP contribution in [0, 0.1) is 0 Å². The number of hydrogen-bond donors (Lipinski definition) is 1. The monoisotopic (exact) mass is 553 g/mol. The number of carbonyl (C=O) groups excluding carboxylic acids is 3. The Bertz CT molecular complexity index is 1590. The van der Waals surface area contributed by atoms with Crippen LogP contribution in [-0.2, 0) is 27.4 Å². The maximum Gasteiger partial charge on any atom is 0.255 e. The number of imide groups is 1. The van der Waals surface area contributed by atoms with Crippen molar-refractivity contribution in [2.24, 2.45) is 0 Å². The van der Waals surface area contributed by atoms with Gasteiger partial charge in [0, 0.05) is 50.1 Å². The minimum Gasteiger partial charge on any atom is -0.489 e. The zero-order valence-electron chi connectivity index (χ0n) is 22.6. The second-order valence-corrected chi connectivity index (χ2v) is 11.8. The zero-order chi connectivity index (χ0) is 27.7. The van der Waals surface area contributed by atoms with Gasteiger partial charge in [0.1, 0.15) is 23.7 Å². The van der Waals surface area contributed by atoms with Crippen molar-refractivity contribution in [3.8, 4) is 5.75 Å². The number of fused-ring (bicyclic) bond motifs is 3. The fraction of sp³-hybridized carbons (Fsp3) is 0.419. The molecule has 4 atom stereocenters. The summed E-state index contributed by atoms with van der Waals surface area (Å²) in [5, 5.41) is 3.50. The van der Waals surface area contributed by atoms with Gasteiger partial charge in [0.25, 0.3) is 5.91 Å². The normalized spacial score (nSPS) is 27.4. The number of benzene rings is 2. The maximum atomic E-state index is 13.0. The third-order valence-corrected chi connectivity index (χ3v) is 9.15. The standard InChI is InChI=1S/C31H31N5O5/c37-29-8-6-25(30(38)33-29)36-14-20-12-21(3-4-23(20)31(36)39)41-22-9-10-34(15-22)13-18-1-5-24-19(11-18)2-7-28(32-24)35-16-27-26(35)17-40-27/h1-5,7,11-12,22,25-27H,6,8-10,13-17H2,(H,33,37,38)/t22-,25?,26?,27+/m0/s1. The van der Waals surface area contributed by atoms with Crippen molar-refractivity contribution in [2.45, 2.75) is 56.6 Å². The molecule has 0 aliphatic carbocycles. The minimum atomic E-state index is -0.612. The fourth-order valence-electron chi connectivity index (χ4n) is 6.77. The summed E-state index contributed by atoms with van der Waals surface area (Å²) in [4.78, 5) is 48.0. The van der Waals surface area contributed by atoms with Crippen molar-refractivity contribution < 1.29 is 23.9 Å². The summed E-state index contributed by atoms with van der Waals surface area (Å²) in [6, 6.07) is 16.3. The van der Waals surface area contributed by atoms with Crippen molar-refractivity contribution in [3.63, 3.8) is 0 Å². The first kappa shape index (κ1) is 24.8. The van der Waals surface area contributed by atoms with Crippen molar-refractivity contribution >= 4 is 34.4 Å². The van der Waals surface area contributed by atoms with Crippen LogP contribution >= 0.6 is 0 Å². The van der Waals surface area contributed by atoms with E-state index in [4.69, 9.17) is 14.5 Å². The van der Waals surface area contributed by atoms with Crippen LogP contribution in [0.25, 0.3) is 10.9 Å². The average molecular weight is 554 g/mol. The van der Waals surface area contributed by atoms with Crippen LogP contribution in [0.4, 0.5) is 5.82 Å². The number of hydrogen-bond acceptors (Lipinski definition) is 8. The molecule has 0 saturated carbocycles. The zero-order valence-corrected chi connectivity index (χ0v) is 22.6. The highest BCUT2D eigenvalue weighted by molar-refractivity contribution is 6.05. The molecule has 5 aliphatic heterocycles. The summed E-state index contributed by atoms with van der Waals surface area (Å²) in [5.74, 6) is 0.924. The number of ether oxygens (including phenoxy) is 2. The van der Waals surface area contributed by atoms with E-state index in [1.54, 1.807) is 11.0 Å². The molecule has 1 aromatic heterocycles. The van der Waals surface area contributed by atoms with Gasteiger partial charge in [-0.2, -0.15) is 0 Å². The number of anilines is 1. The Labute approximate surface area is 237 Å². The summed E-state index contributed by atoms with van der Waals surface area (Å²) in [6.07, 6.45) is 1.99. The van der Waals surface area contributed by atoms with Crippen LogP contribution < -0.4 is 15.0 Å². The van der Waals surface area contributed by atoms with Crippen molar-refractivity contribution in [1.29, 1.82) is 0 Å². The minimum absolute atomic E-state index is 0.0666. The highest BCUT2D eigenvalue weighted by Gasteiger charge is 2.47. The average Bonchev–Trinajstić information content (AvgIpc) is 3.53. The third-order valence-electron chi connectivity index (χ3n) is 9.15. The molecule has 10 heteroatoms. The molecule has 0 bridgehead atoms. The molecule has 0 radical (unpaired) electrons. The van der Waals surface area contributed by atoms with E-state index in [9.17, 15) is 14.4 Å². The number of aromatic nitrogens is 1. The van der Waals surface area contributed by atoms with Gasteiger partial charge in [0.15, 0.2) is 0 Å². The number of morpholine rings is 1. The molecule has 1 N–H and O–H groups in total. The van der Waals surface area contributed by atoms with E-state index in [1.807, 2.05) is 12.1 Å². The Morgan fingerprint density at radius 3 is 2.73 bits per heavy atom. The summed E-state index contributed by atoms with van der Waals surface area (Å²) in [5.41, 5.74) is 3.73. The highest BCUT2D eigenvalue weighted by Crippen LogP contribution is 2.35. The first-order chi connectivity index (χ1) is 20.0. The topological polar surface area (TPSA) is 104 Å². The predicted octanol–water partition coefficient (Wildman–Crippen LogP) is 2.24. The Kier molecular flexibility index (Phi) is 5.75. The molecular formula is C31H31N5O5. The number of pyridine rings is 1. The first-order valence-electron chi connectivity index (χ1n) is 14.4. The number of nitrogens with zero attached hydrogens (tertiary/aromatic N) is 4. The summed E-state index contributed by atoms with van der Waals surface area (Å²) >= 11 is 0. The van der Waals surface area contributed by atoms with Gasteiger partial charge in [-0.1, -0.05) is 6.07 Å². The van der Waals surface area contributed by atoms with Crippen LogP contribution in [-0.4, -0.2) is 83.0 Å². The molecule has 5 aliphatic rings. The SMILES string of the molecule is O=C1CCC(N2Cc3cc(O[C@H]4CCN(Cc5ccc6nc(N7C[C@H]8OCC87)ccc6c5)C4)ccc3C2=O)C(=O)N1.